The Kier molecular flexibility index (Phi) is 10.0. The van der Waals surface area contributed by atoms with E-state index in [0.717, 1.165) is 34.8 Å². The van der Waals surface area contributed by atoms with Gasteiger partial charge in [-0.25, -0.2) is 0 Å². The third-order valence-corrected chi connectivity index (χ3v) is 5.14. The number of aldehydes is 1. The van der Waals surface area contributed by atoms with E-state index in [2.05, 4.69) is 36.8 Å². The summed E-state index contributed by atoms with van der Waals surface area (Å²) in [6, 6.07) is 3.45. The van der Waals surface area contributed by atoms with E-state index < -0.39 is 0 Å². The zero-order valence-corrected chi connectivity index (χ0v) is 17.5. The Bertz CT molecular complexity index is 513. The third-order valence-electron chi connectivity index (χ3n) is 3.96. The lowest BCUT2D eigenvalue weighted by Crippen LogP contribution is -2.21. The summed E-state index contributed by atoms with van der Waals surface area (Å²) in [7, 11) is 0. The van der Waals surface area contributed by atoms with Crippen molar-refractivity contribution in [1.82, 2.24) is 4.90 Å². The van der Waals surface area contributed by atoms with Crippen LogP contribution in [-0.4, -0.2) is 63.9 Å². The van der Waals surface area contributed by atoms with E-state index >= 15 is 0 Å². The van der Waals surface area contributed by atoms with Crippen LogP contribution in [0.3, 0.4) is 0 Å². The van der Waals surface area contributed by atoms with Crippen LogP contribution in [0, 0.1) is 0 Å². The fraction of sp³-hybridized carbons (Fsp3) is 0.611. The van der Waals surface area contributed by atoms with Crippen LogP contribution in [0.1, 0.15) is 29.6 Å². The van der Waals surface area contributed by atoms with Crippen LogP contribution in [0.5, 0.6) is 5.75 Å². The van der Waals surface area contributed by atoms with Crippen molar-refractivity contribution in [3.63, 3.8) is 0 Å². The van der Waals surface area contributed by atoms with Gasteiger partial charge in [0.05, 0.1) is 28.8 Å². The van der Waals surface area contributed by atoms with Crippen LogP contribution in [0.4, 0.5) is 0 Å². The Balaban J connectivity index is 1.47. The average molecular weight is 479 g/mol. The second-order valence-corrected chi connectivity index (χ2v) is 7.62. The Morgan fingerprint density at radius 3 is 2.20 bits per heavy atom. The van der Waals surface area contributed by atoms with E-state index in [4.69, 9.17) is 14.2 Å². The number of nitrogens with zero attached hydrogens (tertiary/aromatic N) is 1. The van der Waals surface area contributed by atoms with Gasteiger partial charge >= 0.3 is 0 Å². The molecule has 0 aromatic heterocycles. The molecular weight excluding hydrogens is 454 g/mol. The largest absolute Gasteiger partial charge is 0.489 e. The van der Waals surface area contributed by atoms with Gasteiger partial charge in [0.2, 0.25) is 0 Å². The highest BCUT2D eigenvalue weighted by Crippen LogP contribution is 2.34. The van der Waals surface area contributed by atoms with E-state index in [9.17, 15) is 4.79 Å². The maximum Gasteiger partial charge on any atom is 0.150 e. The molecule has 1 heterocycles. The maximum atomic E-state index is 10.8. The zero-order chi connectivity index (χ0) is 17.9. The van der Waals surface area contributed by atoms with Crippen molar-refractivity contribution in [2.75, 3.05) is 52.7 Å². The molecule has 1 aliphatic heterocycles. The van der Waals surface area contributed by atoms with Crippen molar-refractivity contribution in [2.45, 2.75) is 19.3 Å². The summed E-state index contributed by atoms with van der Waals surface area (Å²) in [6.07, 6.45) is 4.56. The first-order valence-corrected chi connectivity index (χ1v) is 10.2. The van der Waals surface area contributed by atoms with Crippen LogP contribution < -0.4 is 4.74 Å². The SMILES string of the molecule is O=Cc1cc(Br)c(OCCOCCOCCCN2CCCC2)c(Br)c1. The highest BCUT2D eigenvalue weighted by Gasteiger charge is 2.10. The lowest BCUT2D eigenvalue weighted by atomic mass is 10.2. The molecular formula is C18H25Br2NO4. The first-order valence-electron chi connectivity index (χ1n) is 8.65. The number of carbonyl (C=O) groups is 1. The number of rotatable bonds is 12. The molecule has 0 aliphatic carbocycles. The second kappa shape index (κ2) is 12.0. The Morgan fingerprint density at radius 2 is 1.56 bits per heavy atom. The molecule has 1 aromatic carbocycles. The molecule has 2 rings (SSSR count). The van der Waals surface area contributed by atoms with E-state index in [1.165, 1.54) is 25.9 Å². The topological polar surface area (TPSA) is 48.0 Å². The van der Waals surface area contributed by atoms with Crippen LogP contribution in [0.25, 0.3) is 0 Å². The molecule has 0 saturated carbocycles. The summed E-state index contributed by atoms with van der Waals surface area (Å²) < 4.78 is 18.3. The highest BCUT2D eigenvalue weighted by molar-refractivity contribution is 9.11. The number of ether oxygens (including phenoxy) is 3. The first-order chi connectivity index (χ1) is 12.2. The second-order valence-electron chi connectivity index (χ2n) is 5.91. The van der Waals surface area contributed by atoms with Gasteiger partial charge in [0.15, 0.2) is 0 Å². The predicted octanol–water partition coefficient (Wildman–Crippen LogP) is 3.92. The molecule has 0 spiro atoms. The van der Waals surface area contributed by atoms with E-state index in [0.29, 0.717) is 37.7 Å². The average Bonchev–Trinajstić information content (AvgIpc) is 3.11. The van der Waals surface area contributed by atoms with Crippen molar-refractivity contribution in [2.24, 2.45) is 0 Å². The molecule has 0 amide bonds. The van der Waals surface area contributed by atoms with E-state index in [1.54, 1.807) is 12.1 Å². The smallest absolute Gasteiger partial charge is 0.150 e. The maximum absolute atomic E-state index is 10.8. The molecule has 140 valence electrons. The lowest BCUT2D eigenvalue weighted by Gasteiger charge is -2.14. The summed E-state index contributed by atoms with van der Waals surface area (Å²) in [5.41, 5.74) is 0.587. The fourth-order valence-electron chi connectivity index (χ4n) is 2.71. The number of benzene rings is 1. The first kappa shape index (κ1) is 20.8. The summed E-state index contributed by atoms with van der Waals surface area (Å²) in [5, 5.41) is 0. The van der Waals surface area contributed by atoms with Crippen molar-refractivity contribution in [3.8, 4) is 5.75 Å². The van der Waals surface area contributed by atoms with Gasteiger partial charge in [-0.05, 0) is 76.3 Å². The Morgan fingerprint density at radius 1 is 0.960 bits per heavy atom. The van der Waals surface area contributed by atoms with Crippen molar-refractivity contribution >= 4 is 38.1 Å². The van der Waals surface area contributed by atoms with Gasteiger partial charge in [-0.15, -0.1) is 0 Å². The fourth-order valence-corrected chi connectivity index (χ4v) is 4.16. The molecule has 1 saturated heterocycles. The van der Waals surface area contributed by atoms with Gasteiger partial charge in [-0.1, -0.05) is 0 Å². The predicted molar refractivity (Wildman–Crippen MR) is 105 cm³/mol. The van der Waals surface area contributed by atoms with Gasteiger partial charge in [0.25, 0.3) is 0 Å². The van der Waals surface area contributed by atoms with Crippen LogP contribution >= 0.6 is 31.9 Å². The molecule has 7 heteroatoms. The number of carbonyl (C=O) groups excluding carboxylic acids is 1. The molecule has 0 bridgehead atoms. The third kappa shape index (κ3) is 7.74. The van der Waals surface area contributed by atoms with Crippen LogP contribution in [-0.2, 0) is 9.47 Å². The van der Waals surface area contributed by atoms with E-state index in [-0.39, 0.29) is 0 Å². The number of likely N-dealkylation sites (tertiary alicyclic amines) is 1. The quantitative estimate of drug-likeness (QED) is 0.336. The summed E-state index contributed by atoms with van der Waals surface area (Å²) in [6.45, 7) is 6.53. The molecule has 1 aromatic rings. The molecule has 0 radical (unpaired) electrons. The molecule has 1 aliphatic rings. The van der Waals surface area contributed by atoms with Gasteiger partial charge in [-0.3, -0.25) is 4.79 Å². The summed E-state index contributed by atoms with van der Waals surface area (Å²) in [4.78, 5) is 13.3. The van der Waals surface area contributed by atoms with Crippen molar-refractivity contribution in [1.29, 1.82) is 0 Å². The Labute approximate surface area is 166 Å². The van der Waals surface area contributed by atoms with E-state index in [1.807, 2.05) is 0 Å². The van der Waals surface area contributed by atoms with Crippen molar-refractivity contribution < 1.29 is 19.0 Å². The number of hydrogen-bond donors (Lipinski definition) is 0. The van der Waals surface area contributed by atoms with Gasteiger partial charge in [0, 0.05) is 18.7 Å². The minimum absolute atomic E-state index is 0.437. The Hall–Kier alpha value is -0.470. The van der Waals surface area contributed by atoms with Gasteiger partial charge in [0.1, 0.15) is 18.6 Å². The van der Waals surface area contributed by atoms with Gasteiger partial charge in [-0.2, -0.15) is 0 Å². The molecule has 1 fully saturated rings. The molecule has 25 heavy (non-hydrogen) atoms. The number of hydrogen-bond acceptors (Lipinski definition) is 5. The molecule has 5 nitrogen and oxygen atoms in total. The number of halogens is 2. The normalized spacial score (nSPS) is 14.8. The van der Waals surface area contributed by atoms with Crippen LogP contribution in [0.15, 0.2) is 21.1 Å². The molecule has 0 unspecified atom stereocenters. The standard InChI is InChI=1S/C18H25Br2NO4/c19-16-12-15(14-22)13-17(20)18(16)25-11-10-24-9-8-23-7-3-6-21-4-1-2-5-21/h12-14H,1-11H2. The molecule has 0 atom stereocenters. The molecule has 0 N–H and O–H groups in total. The highest BCUT2D eigenvalue weighted by atomic mass is 79.9. The minimum Gasteiger partial charge on any atom is -0.489 e. The zero-order valence-electron chi connectivity index (χ0n) is 14.3. The minimum atomic E-state index is 0.437. The lowest BCUT2D eigenvalue weighted by molar-refractivity contribution is 0.0339. The van der Waals surface area contributed by atoms with Crippen LogP contribution in [0.2, 0.25) is 0 Å². The monoisotopic (exact) mass is 477 g/mol. The van der Waals surface area contributed by atoms with Crippen molar-refractivity contribution in [3.05, 3.63) is 26.6 Å². The summed E-state index contributed by atoms with van der Waals surface area (Å²) >= 11 is 6.81. The summed E-state index contributed by atoms with van der Waals surface area (Å²) in [5.74, 6) is 0.673. The van der Waals surface area contributed by atoms with Gasteiger partial charge < -0.3 is 19.1 Å².